The SMILES string of the molecule is CC(C)(C)OC(=O)Nc1c(C#N)cnn1-c1ccncc1. The van der Waals surface area contributed by atoms with Gasteiger partial charge in [-0.1, -0.05) is 0 Å². The molecule has 0 aliphatic heterocycles. The molecule has 0 bridgehead atoms. The molecule has 0 atom stereocenters. The molecule has 0 aliphatic rings. The van der Waals surface area contributed by atoms with Crippen LogP contribution >= 0.6 is 0 Å². The van der Waals surface area contributed by atoms with Crippen molar-refractivity contribution in [3.05, 3.63) is 36.3 Å². The molecular formula is C14H15N5O2. The lowest BCUT2D eigenvalue weighted by molar-refractivity contribution is 0.0635. The van der Waals surface area contributed by atoms with Gasteiger partial charge in [-0.2, -0.15) is 10.4 Å². The number of rotatable bonds is 2. The molecule has 1 amide bonds. The zero-order valence-electron chi connectivity index (χ0n) is 12.0. The highest BCUT2D eigenvalue weighted by molar-refractivity contribution is 5.86. The summed E-state index contributed by atoms with van der Waals surface area (Å²) < 4.78 is 6.64. The van der Waals surface area contributed by atoms with Gasteiger partial charge in [-0.3, -0.25) is 10.3 Å². The lowest BCUT2D eigenvalue weighted by Crippen LogP contribution is -2.28. The summed E-state index contributed by atoms with van der Waals surface area (Å²) in [6.45, 7) is 5.29. The van der Waals surface area contributed by atoms with E-state index in [0.717, 1.165) is 0 Å². The summed E-state index contributed by atoms with van der Waals surface area (Å²) >= 11 is 0. The number of carbonyl (C=O) groups is 1. The van der Waals surface area contributed by atoms with Gasteiger partial charge in [-0.05, 0) is 32.9 Å². The third kappa shape index (κ3) is 3.57. The van der Waals surface area contributed by atoms with Crippen molar-refractivity contribution in [1.29, 1.82) is 5.26 Å². The minimum absolute atomic E-state index is 0.248. The van der Waals surface area contributed by atoms with Crippen molar-refractivity contribution in [2.45, 2.75) is 26.4 Å². The Hall–Kier alpha value is -2.88. The van der Waals surface area contributed by atoms with Gasteiger partial charge in [0.25, 0.3) is 0 Å². The Morgan fingerprint density at radius 3 is 2.62 bits per heavy atom. The molecule has 0 aromatic carbocycles. The zero-order chi connectivity index (χ0) is 15.5. The molecule has 0 radical (unpaired) electrons. The van der Waals surface area contributed by atoms with Crippen LogP contribution in [0.15, 0.2) is 30.7 Å². The second-order valence-electron chi connectivity index (χ2n) is 5.26. The van der Waals surface area contributed by atoms with Gasteiger partial charge in [0.2, 0.25) is 0 Å². The van der Waals surface area contributed by atoms with Crippen molar-refractivity contribution < 1.29 is 9.53 Å². The van der Waals surface area contributed by atoms with E-state index >= 15 is 0 Å². The highest BCUT2D eigenvalue weighted by atomic mass is 16.6. The van der Waals surface area contributed by atoms with Crippen LogP contribution in [0.2, 0.25) is 0 Å². The van der Waals surface area contributed by atoms with Crippen LogP contribution in [0, 0.1) is 11.3 Å². The molecule has 2 heterocycles. The fraction of sp³-hybridized carbons (Fsp3) is 0.286. The first-order chi connectivity index (χ1) is 9.90. The van der Waals surface area contributed by atoms with E-state index in [0.29, 0.717) is 5.69 Å². The summed E-state index contributed by atoms with van der Waals surface area (Å²) in [7, 11) is 0. The molecule has 7 heteroatoms. The molecular weight excluding hydrogens is 270 g/mol. The monoisotopic (exact) mass is 285 g/mol. The summed E-state index contributed by atoms with van der Waals surface area (Å²) in [6.07, 6.45) is 3.93. The number of nitrogens with one attached hydrogen (secondary N) is 1. The number of carbonyl (C=O) groups excluding carboxylic acids is 1. The van der Waals surface area contributed by atoms with E-state index in [2.05, 4.69) is 15.4 Å². The molecule has 0 saturated carbocycles. The van der Waals surface area contributed by atoms with Crippen LogP contribution in [0.25, 0.3) is 5.69 Å². The van der Waals surface area contributed by atoms with Crippen molar-refractivity contribution >= 4 is 11.9 Å². The first-order valence-corrected chi connectivity index (χ1v) is 6.29. The Kier molecular flexibility index (Phi) is 3.89. The Bertz CT molecular complexity index is 680. The van der Waals surface area contributed by atoms with Crippen LogP contribution in [0.1, 0.15) is 26.3 Å². The number of ether oxygens (including phenoxy) is 1. The number of aromatic nitrogens is 3. The van der Waals surface area contributed by atoms with Crippen LogP contribution in [-0.4, -0.2) is 26.5 Å². The van der Waals surface area contributed by atoms with Gasteiger partial charge in [0.1, 0.15) is 17.2 Å². The lowest BCUT2D eigenvalue weighted by atomic mass is 10.2. The Morgan fingerprint density at radius 1 is 1.38 bits per heavy atom. The molecule has 7 nitrogen and oxygen atoms in total. The standard InChI is InChI=1S/C14H15N5O2/c1-14(2,3)21-13(20)18-12-10(8-15)9-17-19(12)11-4-6-16-7-5-11/h4-7,9H,1-3H3,(H,18,20). The fourth-order valence-corrected chi connectivity index (χ4v) is 1.63. The number of amides is 1. The maximum Gasteiger partial charge on any atom is 0.413 e. The highest BCUT2D eigenvalue weighted by Gasteiger charge is 2.20. The van der Waals surface area contributed by atoms with Crippen molar-refractivity contribution in [2.75, 3.05) is 5.32 Å². The van der Waals surface area contributed by atoms with Crippen LogP contribution in [-0.2, 0) is 4.74 Å². The van der Waals surface area contributed by atoms with Crippen LogP contribution in [0.3, 0.4) is 0 Å². The Balaban J connectivity index is 2.33. The quantitative estimate of drug-likeness (QED) is 0.915. The third-order valence-corrected chi connectivity index (χ3v) is 2.42. The maximum atomic E-state index is 11.9. The summed E-state index contributed by atoms with van der Waals surface area (Å²) in [5.74, 6) is 0.262. The minimum atomic E-state index is -0.644. The first kappa shape index (κ1) is 14.5. The van der Waals surface area contributed by atoms with Gasteiger partial charge in [0, 0.05) is 12.4 Å². The molecule has 0 fully saturated rings. The van der Waals surface area contributed by atoms with Crippen LogP contribution in [0.5, 0.6) is 0 Å². The van der Waals surface area contributed by atoms with Gasteiger partial charge >= 0.3 is 6.09 Å². The fourth-order valence-electron chi connectivity index (χ4n) is 1.63. The van der Waals surface area contributed by atoms with E-state index in [1.54, 1.807) is 45.3 Å². The van der Waals surface area contributed by atoms with Gasteiger partial charge in [-0.15, -0.1) is 0 Å². The lowest BCUT2D eigenvalue weighted by Gasteiger charge is -2.20. The van der Waals surface area contributed by atoms with Crippen molar-refractivity contribution in [1.82, 2.24) is 14.8 Å². The normalized spacial score (nSPS) is 10.8. The van der Waals surface area contributed by atoms with Crippen molar-refractivity contribution in [3.8, 4) is 11.8 Å². The second kappa shape index (κ2) is 5.63. The predicted molar refractivity (Wildman–Crippen MR) is 75.9 cm³/mol. The van der Waals surface area contributed by atoms with E-state index in [9.17, 15) is 4.79 Å². The Labute approximate surface area is 122 Å². The molecule has 0 saturated heterocycles. The molecule has 0 spiro atoms. The van der Waals surface area contributed by atoms with Gasteiger partial charge in [0.15, 0.2) is 5.82 Å². The first-order valence-electron chi connectivity index (χ1n) is 6.29. The van der Waals surface area contributed by atoms with Gasteiger partial charge in [-0.25, -0.2) is 9.48 Å². The van der Waals surface area contributed by atoms with Crippen LogP contribution < -0.4 is 5.32 Å². The van der Waals surface area contributed by atoms with E-state index in [4.69, 9.17) is 10.00 Å². The summed E-state index contributed by atoms with van der Waals surface area (Å²) in [5, 5.41) is 15.8. The van der Waals surface area contributed by atoms with E-state index < -0.39 is 11.7 Å². The van der Waals surface area contributed by atoms with Gasteiger partial charge < -0.3 is 4.74 Å². The number of pyridine rings is 1. The number of nitrogens with zero attached hydrogens (tertiary/aromatic N) is 4. The highest BCUT2D eigenvalue weighted by Crippen LogP contribution is 2.20. The van der Waals surface area contributed by atoms with E-state index in [-0.39, 0.29) is 11.4 Å². The molecule has 0 aliphatic carbocycles. The van der Waals surface area contributed by atoms with E-state index in [1.165, 1.54) is 10.9 Å². The van der Waals surface area contributed by atoms with Gasteiger partial charge in [0.05, 0.1) is 11.9 Å². The summed E-state index contributed by atoms with van der Waals surface area (Å²) in [5.41, 5.74) is 0.300. The average molecular weight is 285 g/mol. The number of hydrogen-bond acceptors (Lipinski definition) is 5. The second-order valence-corrected chi connectivity index (χ2v) is 5.26. The average Bonchev–Trinajstić information content (AvgIpc) is 2.80. The topological polar surface area (TPSA) is 92.8 Å². The summed E-state index contributed by atoms with van der Waals surface area (Å²) in [4.78, 5) is 15.8. The summed E-state index contributed by atoms with van der Waals surface area (Å²) in [6, 6.07) is 5.42. The third-order valence-electron chi connectivity index (χ3n) is 2.42. The van der Waals surface area contributed by atoms with Crippen molar-refractivity contribution in [2.24, 2.45) is 0 Å². The predicted octanol–water partition coefficient (Wildman–Crippen LogP) is 2.49. The molecule has 2 rings (SSSR count). The molecule has 108 valence electrons. The smallest absolute Gasteiger partial charge is 0.413 e. The van der Waals surface area contributed by atoms with Crippen molar-refractivity contribution in [3.63, 3.8) is 0 Å². The van der Waals surface area contributed by atoms with E-state index in [1.807, 2.05) is 6.07 Å². The minimum Gasteiger partial charge on any atom is -0.444 e. The van der Waals surface area contributed by atoms with Crippen LogP contribution in [0.4, 0.5) is 10.6 Å². The molecule has 1 N–H and O–H groups in total. The number of anilines is 1. The molecule has 2 aromatic rings. The zero-order valence-corrected chi connectivity index (χ0v) is 12.0. The number of hydrogen-bond donors (Lipinski definition) is 1. The molecule has 0 unspecified atom stereocenters. The molecule has 2 aromatic heterocycles. The maximum absolute atomic E-state index is 11.9. The number of nitriles is 1. The largest absolute Gasteiger partial charge is 0.444 e. The molecule has 21 heavy (non-hydrogen) atoms. The Morgan fingerprint density at radius 2 is 2.05 bits per heavy atom.